The average Bonchev–Trinajstić information content (AvgIpc) is 2.40. The van der Waals surface area contributed by atoms with Crippen molar-refractivity contribution in [3.8, 4) is 0 Å². The van der Waals surface area contributed by atoms with Crippen molar-refractivity contribution in [1.29, 1.82) is 0 Å². The second-order valence-corrected chi connectivity index (χ2v) is 4.61. The number of anilines is 2. The first-order valence-electron chi connectivity index (χ1n) is 6.39. The van der Waals surface area contributed by atoms with Gasteiger partial charge in [-0.05, 0) is 43.0 Å². The summed E-state index contributed by atoms with van der Waals surface area (Å²) in [7, 11) is 0. The van der Waals surface area contributed by atoms with Crippen LogP contribution in [0.2, 0.25) is 0 Å². The van der Waals surface area contributed by atoms with Crippen molar-refractivity contribution >= 4 is 11.4 Å². The van der Waals surface area contributed by atoms with Crippen LogP contribution in [0, 0.1) is 6.92 Å². The molecule has 0 aliphatic carbocycles. The number of nitrogens with one attached hydrogen (secondary N) is 1. The third kappa shape index (κ3) is 3.52. The van der Waals surface area contributed by atoms with E-state index < -0.39 is 0 Å². The lowest BCUT2D eigenvalue weighted by Gasteiger charge is -2.10. The summed E-state index contributed by atoms with van der Waals surface area (Å²) in [5, 5.41) is 3.40. The Labute approximate surface area is 109 Å². The molecule has 0 aliphatic heterocycles. The fraction of sp³-hybridized carbons (Fsp3) is 0.250. The minimum absolute atomic E-state index is 0.820. The first kappa shape index (κ1) is 12.5. The predicted molar refractivity (Wildman–Crippen MR) is 78.8 cm³/mol. The van der Waals surface area contributed by atoms with Gasteiger partial charge in [0.1, 0.15) is 0 Å². The van der Waals surface area contributed by atoms with Crippen LogP contribution in [0.25, 0.3) is 0 Å². The third-order valence-electron chi connectivity index (χ3n) is 3.01. The van der Waals surface area contributed by atoms with Crippen molar-refractivity contribution in [2.45, 2.75) is 19.8 Å². The molecule has 0 atom stereocenters. The normalized spacial score (nSPS) is 10.3. The van der Waals surface area contributed by atoms with Crippen LogP contribution in [0.3, 0.4) is 0 Å². The Morgan fingerprint density at radius 2 is 1.83 bits per heavy atom. The molecule has 2 rings (SSSR count). The van der Waals surface area contributed by atoms with Gasteiger partial charge in [0.25, 0.3) is 0 Å². The molecule has 2 heteroatoms. The summed E-state index contributed by atoms with van der Waals surface area (Å²) in [5.41, 5.74) is 10.4. The zero-order chi connectivity index (χ0) is 12.8. The maximum absolute atomic E-state index is 5.92. The molecule has 0 spiro atoms. The Morgan fingerprint density at radius 1 is 1.06 bits per heavy atom. The molecule has 2 aromatic carbocycles. The smallest absolute Gasteiger partial charge is 0.0576 e. The summed E-state index contributed by atoms with van der Waals surface area (Å²) >= 11 is 0. The molecule has 3 N–H and O–H groups in total. The van der Waals surface area contributed by atoms with Crippen molar-refractivity contribution in [3.05, 3.63) is 59.7 Å². The Balaban J connectivity index is 1.80. The number of rotatable bonds is 5. The van der Waals surface area contributed by atoms with Crippen molar-refractivity contribution in [2.75, 3.05) is 17.6 Å². The Kier molecular flexibility index (Phi) is 4.24. The molecule has 0 aromatic heterocycles. The minimum Gasteiger partial charge on any atom is -0.397 e. The molecule has 2 nitrogen and oxygen atoms in total. The lowest BCUT2D eigenvalue weighted by atomic mass is 10.1. The molecule has 0 heterocycles. The average molecular weight is 240 g/mol. The zero-order valence-corrected chi connectivity index (χ0v) is 10.8. The highest BCUT2D eigenvalue weighted by Gasteiger charge is 1.98. The molecular formula is C16H20N2. The van der Waals surface area contributed by atoms with Crippen LogP contribution in [0.5, 0.6) is 0 Å². The highest BCUT2D eigenvalue weighted by atomic mass is 14.9. The van der Waals surface area contributed by atoms with Gasteiger partial charge in [-0.15, -0.1) is 0 Å². The topological polar surface area (TPSA) is 38.0 Å². The van der Waals surface area contributed by atoms with E-state index in [9.17, 15) is 0 Å². The maximum Gasteiger partial charge on any atom is 0.0576 e. The van der Waals surface area contributed by atoms with Gasteiger partial charge in [-0.2, -0.15) is 0 Å². The Hall–Kier alpha value is -1.96. The van der Waals surface area contributed by atoms with E-state index in [1.807, 2.05) is 12.1 Å². The van der Waals surface area contributed by atoms with Gasteiger partial charge in [0.05, 0.1) is 11.4 Å². The van der Waals surface area contributed by atoms with E-state index in [-0.39, 0.29) is 0 Å². The summed E-state index contributed by atoms with van der Waals surface area (Å²) < 4.78 is 0. The van der Waals surface area contributed by atoms with E-state index in [4.69, 9.17) is 5.73 Å². The summed E-state index contributed by atoms with van der Waals surface area (Å²) in [6, 6.07) is 16.6. The van der Waals surface area contributed by atoms with Crippen LogP contribution < -0.4 is 11.1 Å². The van der Waals surface area contributed by atoms with Crippen LogP contribution in [0.1, 0.15) is 17.5 Å². The SMILES string of the molecule is Cc1ccc(N)c(NCCCc2ccccc2)c1. The van der Waals surface area contributed by atoms with Gasteiger partial charge in [-0.1, -0.05) is 36.4 Å². The van der Waals surface area contributed by atoms with Gasteiger partial charge in [0, 0.05) is 6.54 Å². The van der Waals surface area contributed by atoms with E-state index in [1.165, 1.54) is 11.1 Å². The van der Waals surface area contributed by atoms with Crippen LogP contribution in [-0.4, -0.2) is 6.54 Å². The van der Waals surface area contributed by atoms with Gasteiger partial charge in [-0.25, -0.2) is 0 Å². The molecule has 0 saturated carbocycles. The molecule has 18 heavy (non-hydrogen) atoms. The van der Waals surface area contributed by atoms with Gasteiger partial charge >= 0.3 is 0 Å². The second-order valence-electron chi connectivity index (χ2n) is 4.61. The second kappa shape index (κ2) is 6.10. The van der Waals surface area contributed by atoms with Crippen molar-refractivity contribution in [1.82, 2.24) is 0 Å². The van der Waals surface area contributed by atoms with E-state index >= 15 is 0 Å². The molecule has 0 aliphatic rings. The fourth-order valence-corrected chi connectivity index (χ4v) is 1.98. The van der Waals surface area contributed by atoms with E-state index in [1.54, 1.807) is 0 Å². The van der Waals surface area contributed by atoms with E-state index in [2.05, 4.69) is 48.6 Å². The van der Waals surface area contributed by atoms with Crippen molar-refractivity contribution in [2.24, 2.45) is 0 Å². The first-order chi connectivity index (χ1) is 8.75. The van der Waals surface area contributed by atoms with Crippen molar-refractivity contribution in [3.63, 3.8) is 0 Å². The van der Waals surface area contributed by atoms with E-state index in [0.717, 1.165) is 30.8 Å². The molecule has 0 fully saturated rings. The minimum atomic E-state index is 0.820. The Morgan fingerprint density at radius 3 is 2.61 bits per heavy atom. The zero-order valence-electron chi connectivity index (χ0n) is 10.8. The lowest BCUT2D eigenvalue weighted by molar-refractivity contribution is 0.863. The largest absolute Gasteiger partial charge is 0.397 e. The number of nitrogens with two attached hydrogens (primary N) is 1. The summed E-state index contributed by atoms with van der Waals surface area (Å²) in [6.45, 7) is 3.02. The van der Waals surface area contributed by atoms with Crippen LogP contribution in [0.15, 0.2) is 48.5 Å². The number of benzene rings is 2. The molecule has 0 unspecified atom stereocenters. The monoisotopic (exact) mass is 240 g/mol. The van der Waals surface area contributed by atoms with Crippen LogP contribution in [0.4, 0.5) is 11.4 Å². The quantitative estimate of drug-likeness (QED) is 0.618. The summed E-state index contributed by atoms with van der Waals surface area (Å²) in [5.74, 6) is 0. The fourth-order valence-electron chi connectivity index (χ4n) is 1.98. The molecule has 0 saturated heterocycles. The molecule has 94 valence electrons. The third-order valence-corrected chi connectivity index (χ3v) is 3.01. The number of hydrogen-bond donors (Lipinski definition) is 2. The van der Waals surface area contributed by atoms with Crippen molar-refractivity contribution < 1.29 is 0 Å². The Bertz CT molecular complexity index is 492. The molecule has 0 radical (unpaired) electrons. The molecule has 2 aromatic rings. The van der Waals surface area contributed by atoms with Gasteiger partial charge in [0.15, 0.2) is 0 Å². The van der Waals surface area contributed by atoms with Gasteiger partial charge in [0.2, 0.25) is 0 Å². The predicted octanol–water partition coefficient (Wildman–Crippen LogP) is 3.62. The van der Waals surface area contributed by atoms with Gasteiger partial charge < -0.3 is 11.1 Å². The number of hydrogen-bond acceptors (Lipinski definition) is 2. The lowest BCUT2D eigenvalue weighted by Crippen LogP contribution is -2.05. The standard InChI is InChI=1S/C16H20N2/c1-13-9-10-15(17)16(12-13)18-11-5-8-14-6-3-2-4-7-14/h2-4,6-7,9-10,12,18H,5,8,11,17H2,1H3. The number of aryl methyl sites for hydroxylation is 2. The van der Waals surface area contributed by atoms with E-state index in [0.29, 0.717) is 0 Å². The van der Waals surface area contributed by atoms with Crippen LogP contribution >= 0.6 is 0 Å². The number of nitrogen functional groups attached to an aromatic ring is 1. The highest BCUT2D eigenvalue weighted by molar-refractivity contribution is 5.66. The van der Waals surface area contributed by atoms with Gasteiger partial charge in [-0.3, -0.25) is 0 Å². The molecule has 0 amide bonds. The molecule has 0 bridgehead atoms. The summed E-state index contributed by atoms with van der Waals surface area (Å²) in [6.07, 6.45) is 2.21. The highest BCUT2D eigenvalue weighted by Crippen LogP contribution is 2.19. The first-order valence-corrected chi connectivity index (χ1v) is 6.39. The molecular weight excluding hydrogens is 220 g/mol. The summed E-state index contributed by atoms with van der Waals surface area (Å²) in [4.78, 5) is 0. The maximum atomic E-state index is 5.92. The van der Waals surface area contributed by atoms with Crippen LogP contribution in [-0.2, 0) is 6.42 Å².